The average Bonchev–Trinajstić information content (AvgIpc) is 2.77. The van der Waals surface area contributed by atoms with Gasteiger partial charge < -0.3 is 9.84 Å². The molecule has 1 unspecified atom stereocenters. The molecule has 0 aliphatic carbocycles. The Hall–Kier alpha value is -0.380. The summed E-state index contributed by atoms with van der Waals surface area (Å²) < 4.78 is 5.34. The summed E-state index contributed by atoms with van der Waals surface area (Å²) in [6.07, 6.45) is 1.94. The Labute approximate surface area is 82.2 Å². The SMILES string of the molecule is OCC1(Cc2ccsc2)CCOC1. The molecule has 1 aliphatic rings. The van der Waals surface area contributed by atoms with Crippen molar-refractivity contribution in [3.05, 3.63) is 22.4 Å². The van der Waals surface area contributed by atoms with Gasteiger partial charge in [0.25, 0.3) is 0 Å². The molecule has 1 saturated heterocycles. The summed E-state index contributed by atoms with van der Waals surface area (Å²) in [7, 11) is 0. The van der Waals surface area contributed by atoms with Crippen LogP contribution in [-0.4, -0.2) is 24.9 Å². The van der Waals surface area contributed by atoms with Gasteiger partial charge >= 0.3 is 0 Å². The zero-order valence-electron chi connectivity index (χ0n) is 7.53. The normalized spacial score (nSPS) is 28.1. The van der Waals surface area contributed by atoms with Gasteiger partial charge in [-0.25, -0.2) is 0 Å². The fourth-order valence-corrected chi connectivity index (χ4v) is 2.46. The van der Waals surface area contributed by atoms with E-state index in [9.17, 15) is 5.11 Å². The molecule has 2 rings (SSSR count). The summed E-state index contributed by atoms with van der Waals surface area (Å²) in [5, 5.41) is 13.6. The lowest BCUT2D eigenvalue weighted by atomic mass is 9.82. The third-order valence-corrected chi connectivity index (χ3v) is 3.41. The molecule has 1 fully saturated rings. The fraction of sp³-hybridized carbons (Fsp3) is 0.600. The standard InChI is InChI=1S/C10H14O2S/c11-7-10(2-3-12-8-10)5-9-1-4-13-6-9/h1,4,6,11H,2-3,5,7-8H2. The van der Waals surface area contributed by atoms with Crippen molar-refractivity contribution in [2.24, 2.45) is 5.41 Å². The lowest BCUT2D eigenvalue weighted by Crippen LogP contribution is -2.28. The van der Waals surface area contributed by atoms with E-state index in [1.807, 2.05) is 0 Å². The lowest BCUT2D eigenvalue weighted by molar-refractivity contribution is 0.0936. The monoisotopic (exact) mass is 198 g/mol. The number of aliphatic hydroxyl groups excluding tert-OH is 1. The smallest absolute Gasteiger partial charge is 0.0548 e. The molecule has 0 bridgehead atoms. The Bertz CT molecular complexity index is 250. The van der Waals surface area contributed by atoms with Gasteiger partial charge in [-0.05, 0) is 35.2 Å². The predicted molar refractivity (Wildman–Crippen MR) is 53.0 cm³/mol. The van der Waals surface area contributed by atoms with Crippen LogP contribution in [0.15, 0.2) is 16.8 Å². The van der Waals surface area contributed by atoms with Crippen molar-refractivity contribution in [2.45, 2.75) is 12.8 Å². The van der Waals surface area contributed by atoms with Crippen LogP contribution in [0.2, 0.25) is 0 Å². The molecule has 1 aromatic rings. The van der Waals surface area contributed by atoms with E-state index in [0.717, 1.165) is 19.4 Å². The first-order valence-corrected chi connectivity index (χ1v) is 5.49. The van der Waals surface area contributed by atoms with Gasteiger partial charge in [0.05, 0.1) is 13.2 Å². The molecule has 0 saturated carbocycles. The Morgan fingerprint density at radius 3 is 3.08 bits per heavy atom. The van der Waals surface area contributed by atoms with Gasteiger partial charge in [0.1, 0.15) is 0 Å². The lowest BCUT2D eigenvalue weighted by Gasteiger charge is -2.23. The second-order valence-corrected chi connectivity index (χ2v) is 4.55. The summed E-state index contributed by atoms with van der Waals surface area (Å²) in [6, 6.07) is 2.13. The Morgan fingerprint density at radius 1 is 1.62 bits per heavy atom. The molecule has 1 N–H and O–H groups in total. The number of rotatable bonds is 3. The second-order valence-electron chi connectivity index (χ2n) is 3.77. The van der Waals surface area contributed by atoms with Crippen LogP contribution in [0, 0.1) is 5.41 Å². The van der Waals surface area contributed by atoms with Gasteiger partial charge in [-0.3, -0.25) is 0 Å². The quantitative estimate of drug-likeness (QED) is 0.801. The van der Waals surface area contributed by atoms with E-state index in [-0.39, 0.29) is 12.0 Å². The molecular weight excluding hydrogens is 184 g/mol. The van der Waals surface area contributed by atoms with E-state index in [1.165, 1.54) is 5.56 Å². The zero-order chi connectivity index (χ0) is 9.15. The Morgan fingerprint density at radius 2 is 2.54 bits per heavy atom. The Kier molecular flexibility index (Phi) is 2.67. The topological polar surface area (TPSA) is 29.5 Å². The second kappa shape index (κ2) is 3.78. The van der Waals surface area contributed by atoms with E-state index >= 15 is 0 Å². The van der Waals surface area contributed by atoms with Crippen LogP contribution < -0.4 is 0 Å². The van der Waals surface area contributed by atoms with Crippen molar-refractivity contribution >= 4 is 11.3 Å². The first kappa shape index (κ1) is 9.19. The third kappa shape index (κ3) is 1.93. The van der Waals surface area contributed by atoms with Crippen LogP contribution in [0.25, 0.3) is 0 Å². The van der Waals surface area contributed by atoms with Crippen LogP contribution in [0.4, 0.5) is 0 Å². The van der Waals surface area contributed by atoms with Crippen LogP contribution in [-0.2, 0) is 11.2 Å². The van der Waals surface area contributed by atoms with Gasteiger partial charge in [0, 0.05) is 12.0 Å². The highest BCUT2D eigenvalue weighted by Gasteiger charge is 2.34. The van der Waals surface area contributed by atoms with Crippen LogP contribution in [0.1, 0.15) is 12.0 Å². The molecule has 13 heavy (non-hydrogen) atoms. The minimum Gasteiger partial charge on any atom is -0.396 e. The number of aliphatic hydroxyl groups is 1. The van der Waals surface area contributed by atoms with Crippen LogP contribution in [0.3, 0.4) is 0 Å². The highest BCUT2D eigenvalue weighted by molar-refractivity contribution is 7.07. The summed E-state index contributed by atoms with van der Waals surface area (Å²) in [5.74, 6) is 0. The summed E-state index contributed by atoms with van der Waals surface area (Å²) in [5.41, 5.74) is 1.32. The van der Waals surface area contributed by atoms with Gasteiger partial charge in [0.15, 0.2) is 0 Å². The van der Waals surface area contributed by atoms with Crippen LogP contribution >= 0.6 is 11.3 Å². The van der Waals surface area contributed by atoms with Gasteiger partial charge in [-0.2, -0.15) is 11.3 Å². The highest BCUT2D eigenvalue weighted by Crippen LogP contribution is 2.32. The summed E-state index contributed by atoms with van der Waals surface area (Å²) in [6.45, 7) is 1.74. The van der Waals surface area contributed by atoms with E-state index in [2.05, 4.69) is 16.8 Å². The predicted octanol–water partition coefficient (Wildman–Crippen LogP) is 1.69. The maximum absolute atomic E-state index is 9.34. The summed E-state index contributed by atoms with van der Waals surface area (Å²) >= 11 is 1.71. The van der Waals surface area contributed by atoms with Crippen molar-refractivity contribution in [1.29, 1.82) is 0 Å². The molecule has 2 heterocycles. The molecular formula is C10H14O2S. The minimum absolute atomic E-state index is 0.00106. The van der Waals surface area contributed by atoms with Crippen molar-refractivity contribution in [1.82, 2.24) is 0 Å². The number of hydrogen-bond acceptors (Lipinski definition) is 3. The molecule has 2 nitrogen and oxygen atoms in total. The van der Waals surface area contributed by atoms with Crippen molar-refractivity contribution in [3.63, 3.8) is 0 Å². The average molecular weight is 198 g/mol. The highest BCUT2D eigenvalue weighted by atomic mass is 32.1. The van der Waals surface area contributed by atoms with E-state index in [0.29, 0.717) is 6.61 Å². The fourth-order valence-electron chi connectivity index (χ4n) is 1.80. The number of hydrogen-bond donors (Lipinski definition) is 1. The molecule has 3 heteroatoms. The van der Waals surface area contributed by atoms with Crippen LogP contribution in [0.5, 0.6) is 0 Å². The van der Waals surface area contributed by atoms with Gasteiger partial charge in [0.2, 0.25) is 0 Å². The molecule has 0 radical (unpaired) electrons. The molecule has 72 valence electrons. The molecule has 1 aromatic heterocycles. The van der Waals surface area contributed by atoms with Gasteiger partial charge in [-0.1, -0.05) is 0 Å². The van der Waals surface area contributed by atoms with Crippen molar-refractivity contribution in [3.8, 4) is 0 Å². The first-order valence-electron chi connectivity index (χ1n) is 4.54. The van der Waals surface area contributed by atoms with Crippen molar-refractivity contribution < 1.29 is 9.84 Å². The van der Waals surface area contributed by atoms with Gasteiger partial charge in [-0.15, -0.1) is 0 Å². The Balaban J connectivity index is 2.06. The molecule has 0 spiro atoms. The van der Waals surface area contributed by atoms with Crippen molar-refractivity contribution in [2.75, 3.05) is 19.8 Å². The number of thiophene rings is 1. The largest absolute Gasteiger partial charge is 0.396 e. The maximum atomic E-state index is 9.34. The molecule has 0 amide bonds. The minimum atomic E-state index is 0.00106. The first-order chi connectivity index (χ1) is 6.35. The van der Waals surface area contributed by atoms with E-state index < -0.39 is 0 Å². The third-order valence-electron chi connectivity index (χ3n) is 2.68. The van der Waals surface area contributed by atoms with E-state index in [1.54, 1.807) is 11.3 Å². The molecule has 1 aliphatic heterocycles. The van der Waals surface area contributed by atoms with E-state index in [4.69, 9.17) is 4.74 Å². The molecule has 1 atom stereocenters. The summed E-state index contributed by atoms with van der Waals surface area (Å²) in [4.78, 5) is 0. The molecule has 0 aromatic carbocycles. The maximum Gasteiger partial charge on any atom is 0.0548 e. The zero-order valence-corrected chi connectivity index (χ0v) is 8.35. The number of ether oxygens (including phenoxy) is 1.